The number of aromatic nitrogens is 1. The summed E-state index contributed by atoms with van der Waals surface area (Å²) >= 11 is 0.918. The fraction of sp³-hybridized carbons (Fsp3) is 0.385. The zero-order chi connectivity index (χ0) is 27.6. The second-order valence-electron chi connectivity index (χ2n) is 9.51. The SMILES string of the molecule is Nc1nc(NC2CCN(S(=O)(=O)c3ccc(CN4CCOCC4)cc3)CC2)sc1C(=O)c1c(F)cccc1F. The molecule has 2 aliphatic heterocycles. The second-order valence-corrected chi connectivity index (χ2v) is 12.5. The van der Waals surface area contributed by atoms with Crippen molar-refractivity contribution < 1.29 is 26.7 Å². The van der Waals surface area contributed by atoms with Gasteiger partial charge in [-0.05, 0) is 42.7 Å². The molecular formula is C26H29F2N5O4S2. The van der Waals surface area contributed by atoms with E-state index in [0.717, 1.165) is 48.7 Å². The van der Waals surface area contributed by atoms with Gasteiger partial charge in [0.2, 0.25) is 15.8 Å². The predicted molar refractivity (Wildman–Crippen MR) is 144 cm³/mol. The molecule has 2 saturated heterocycles. The fourth-order valence-corrected chi connectivity index (χ4v) is 7.11. The average molecular weight is 578 g/mol. The summed E-state index contributed by atoms with van der Waals surface area (Å²) < 4.78 is 61.4. The highest BCUT2D eigenvalue weighted by Crippen LogP contribution is 2.31. The quantitative estimate of drug-likeness (QED) is 0.392. The van der Waals surface area contributed by atoms with Crippen LogP contribution in [0, 0.1) is 11.6 Å². The molecule has 0 amide bonds. The molecule has 0 bridgehead atoms. The van der Waals surface area contributed by atoms with Crippen LogP contribution in [-0.4, -0.2) is 73.8 Å². The number of sulfonamides is 1. The van der Waals surface area contributed by atoms with Crippen LogP contribution in [0.2, 0.25) is 0 Å². The number of carbonyl (C=O) groups is 1. The van der Waals surface area contributed by atoms with E-state index in [-0.39, 0.29) is 21.6 Å². The summed E-state index contributed by atoms with van der Waals surface area (Å²) in [7, 11) is -3.64. The number of carbonyl (C=O) groups excluding carboxylic acids is 1. The van der Waals surface area contributed by atoms with Crippen LogP contribution in [0.15, 0.2) is 47.4 Å². The molecular weight excluding hydrogens is 548 g/mol. The Hall–Kier alpha value is -2.97. The molecule has 0 atom stereocenters. The lowest BCUT2D eigenvalue weighted by atomic mass is 10.1. The summed E-state index contributed by atoms with van der Waals surface area (Å²) in [6.07, 6.45) is 1.03. The van der Waals surface area contributed by atoms with E-state index in [0.29, 0.717) is 44.3 Å². The molecule has 2 aliphatic rings. The summed E-state index contributed by atoms with van der Waals surface area (Å²) in [4.78, 5) is 19.4. The number of nitrogens with one attached hydrogen (secondary N) is 1. The van der Waals surface area contributed by atoms with Gasteiger partial charge >= 0.3 is 0 Å². The summed E-state index contributed by atoms with van der Waals surface area (Å²) in [6, 6.07) is 10.1. The zero-order valence-corrected chi connectivity index (χ0v) is 22.7. The molecule has 2 aromatic carbocycles. The number of hydrogen-bond acceptors (Lipinski definition) is 9. The third kappa shape index (κ3) is 6.12. The van der Waals surface area contributed by atoms with Crippen molar-refractivity contribution in [3.05, 3.63) is 70.1 Å². The minimum Gasteiger partial charge on any atom is -0.382 e. The van der Waals surface area contributed by atoms with Crippen molar-refractivity contribution in [3.63, 3.8) is 0 Å². The largest absolute Gasteiger partial charge is 0.382 e. The first-order valence-corrected chi connectivity index (χ1v) is 14.9. The Labute approximate surface area is 229 Å². The highest BCUT2D eigenvalue weighted by molar-refractivity contribution is 7.89. The lowest BCUT2D eigenvalue weighted by Crippen LogP contribution is -2.42. The number of nitrogens with two attached hydrogens (primary N) is 1. The van der Waals surface area contributed by atoms with Gasteiger partial charge in [-0.15, -0.1) is 0 Å². The maximum Gasteiger partial charge on any atom is 0.243 e. The third-order valence-corrected chi connectivity index (χ3v) is 9.82. The number of morpholine rings is 1. The van der Waals surface area contributed by atoms with Crippen LogP contribution in [-0.2, 0) is 21.3 Å². The number of piperidine rings is 1. The van der Waals surface area contributed by atoms with Gasteiger partial charge < -0.3 is 15.8 Å². The van der Waals surface area contributed by atoms with E-state index in [1.54, 1.807) is 12.1 Å². The van der Waals surface area contributed by atoms with E-state index >= 15 is 0 Å². The first kappa shape index (κ1) is 27.6. The Balaban J connectivity index is 1.18. The highest BCUT2D eigenvalue weighted by atomic mass is 32.2. The summed E-state index contributed by atoms with van der Waals surface area (Å²) in [5.74, 6) is -2.93. The van der Waals surface area contributed by atoms with Gasteiger partial charge in [-0.1, -0.05) is 29.5 Å². The molecule has 9 nitrogen and oxygen atoms in total. The van der Waals surface area contributed by atoms with Crippen LogP contribution in [0.4, 0.5) is 19.7 Å². The zero-order valence-electron chi connectivity index (χ0n) is 21.1. The molecule has 3 N–H and O–H groups in total. The number of ether oxygens (including phenoxy) is 1. The molecule has 0 radical (unpaired) electrons. The molecule has 13 heteroatoms. The number of halogens is 2. The molecule has 0 saturated carbocycles. The Morgan fingerprint density at radius 2 is 1.69 bits per heavy atom. The smallest absolute Gasteiger partial charge is 0.243 e. The number of thiazole rings is 1. The van der Waals surface area contributed by atoms with Crippen molar-refractivity contribution in [2.24, 2.45) is 0 Å². The Morgan fingerprint density at radius 3 is 2.33 bits per heavy atom. The van der Waals surface area contributed by atoms with Gasteiger partial charge in [-0.2, -0.15) is 4.31 Å². The molecule has 208 valence electrons. The van der Waals surface area contributed by atoms with Crippen molar-refractivity contribution in [2.75, 3.05) is 50.4 Å². The van der Waals surface area contributed by atoms with Crippen LogP contribution < -0.4 is 11.1 Å². The molecule has 0 spiro atoms. The molecule has 0 unspecified atom stereocenters. The molecule has 5 rings (SSSR count). The van der Waals surface area contributed by atoms with Crippen LogP contribution in [0.5, 0.6) is 0 Å². The Kier molecular flexibility index (Phi) is 8.24. The van der Waals surface area contributed by atoms with Gasteiger partial charge in [-0.3, -0.25) is 9.69 Å². The number of rotatable bonds is 8. The minimum atomic E-state index is -3.64. The van der Waals surface area contributed by atoms with E-state index in [2.05, 4.69) is 15.2 Å². The number of nitrogen functional groups attached to an aromatic ring is 1. The lowest BCUT2D eigenvalue weighted by Gasteiger charge is -2.31. The fourth-order valence-electron chi connectivity index (χ4n) is 4.73. The van der Waals surface area contributed by atoms with Crippen LogP contribution in [0.3, 0.4) is 0 Å². The van der Waals surface area contributed by atoms with Gasteiger partial charge in [0.15, 0.2) is 5.13 Å². The molecule has 3 heterocycles. The maximum absolute atomic E-state index is 14.1. The molecule has 3 aromatic rings. The number of ketones is 1. The predicted octanol–water partition coefficient (Wildman–Crippen LogP) is 3.33. The van der Waals surface area contributed by atoms with Crippen LogP contribution >= 0.6 is 11.3 Å². The van der Waals surface area contributed by atoms with E-state index in [1.807, 2.05) is 12.1 Å². The number of anilines is 2. The van der Waals surface area contributed by atoms with E-state index in [1.165, 1.54) is 10.4 Å². The van der Waals surface area contributed by atoms with E-state index < -0.39 is 33.0 Å². The molecule has 0 aliphatic carbocycles. The van der Waals surface area contributed by atoms with Gasteiger partial charge in [0, 0.05) is 38.8 Å². The first-order chi connectivity index (χ1) is 18.7. The summed E-state index contributed by atoms with van der Waals surface area (Å²) in [6.45, 7) is 4.51. The normalized spacial score (nSPS) is 17.8. The Bertz CT molecular complexity index is 1410. The number of nitrogens with zero attached hydrogens (tertiary/aromatic N) is 3. The lowest BCUT2D eigenvalue weighted by molar-refractivity contribution is 0.0342. The third-order valence-electron chi connectivity index (χ3n) is 6.90. The topological polar surface area (TPSA) is 118 Å². The minimum absolute atomic E-state index is 0.0569. The average Bonchev–Trinajstić information content (AvgIpc) is 3.29. The van der Waals surface area contributed by atoms with Gasteiger partial charge in [0.05, 0.1) is 23.7 Å². The molecule has 39 heavy (non-hydrogen) atoms. The monoisotopic (exact) mass is 577 g/mol. The van der Waals surface area contributed by atoms with E-state index in [4.69, 9.17) is 10.5 Å². The first-order valence-electron chi connectivity index (χ1n) is 12.6. The molecule has 2 fully saturated rings. The Morgan fingerprint density at radius 1 is 1.05 bits per heavy atom. The molecule has 1 aromatic heterocycles. The van der Waals surface area contributed by atoms with E-state index in [9.17, 15) is 22.0 Å². The summed E-state index contributed by atoms with van der Waals surface area (Å²) in [5.41, 5.74) is 6.27. The highest BCUT2D eigenvalue weighted by Gasteiger charge is 2.30. The maximum atomic E-state index is 14.1. The van der Waals surface area contributed by atoms with Gasteiger partial charge in [0.1, 0.15) is 22.3 Å². The van der Waals surface area contributed by atoms with Gasteiger partial charge in [0.25, 0.3) is 0 Å². The standard InChI is InChI=1S/C26H29F2N5O4S2/c27-20-2-1-3-21(28)22(20)23(34)24-25(29)31-26(38-24)30-18-8-10-33(11-9-18)39(35,36)19-6-4-17(5-7-19)16-32-12-14-37-15-13-32/h1-7,18H,8-16,29H2,(H,30,31). The van der Waals surface area contributed by atoms with Gasteiger partial charge in [-0.25, -0.2) is 22.2 Å². The van der Waals surface area contributed by atoms with Crippen molar-refractivity contribution in [3.8, 4) is 0 Å². The van der Waals surface area contributed by atoms with Crippen molar-refractivity contribution in [1.82, 2.24) is 14.2 Å². The van der Waals surface area contributed by atoms with Crippen molar-refractivity contribution in [2.45, 2.75) is 30.3 Å². The van der Waals surface area contributed by atoms with Crippen molar-refractivity contribution >= 4 is 38.1 Å². The second kappa shape index (κ2) is 11.6. The van der Waals surface area contributed by atoms with Crippen LogP contribution in [0.1, 0.15) is 33.6 Å². The number of hydrogen-bond donors (Lipinski definition) is 2. The van der Waals surface area contributed by atoms with Crippen LogP contribution in [0.25, 0.3) is 0 Å². The van der Waals surface area contributed by atoms with Crippen molar-refractivity contribution in [1.29, 1.82) is 0 Å². The summed E-state index contributed by atoms with van der Waals surface area (Å²) in [5, 5.41) is 3.53. The number of benzene rings is 2.